The Labute approximate surface area is 135 Å². The summed E-state index contributed by atoms with van der Waals surface area (Å²) in [4.78, 5) is 12.1. The van der Waals surface area contributed by atoms with Crippen LogP contribution in [0, 0.1) is 10.5 Å². The van der Waals surface area contributed by atoms with Gasteiger partial charge >= 0.3 is 0 Å². The maximum Gasteiger partial charge on any atom is 0.255 e. The molecule has 0 saturated heterocycles. The molecule has 2 nitrogen and oxygen atoms in total. The van der Waals surface area contributed by atoms with Crippen LogP contribution >= 0.6 is 45.8 Å². The van der Waals surface area contributed by atoms with E-state index in [1.807, 2.05) is 19.1 Å². The van der Waals surface area contributed by atoms with E-state index < -0.39 is 0 Å². The molecular formula is C14H10Cl2INO. The number of halogens is 3. The molecule has 0 heterocycles. The number of amides is 1. The summed E-state index contributed by atoms with van der Waals surface area (Å²) in [7, 11) is 0. The van der Waals surface area contributed by atoms with E-state index in [0.29, 0.717) is 21.3 Å². The van der Waals surface area contributed by atoms with Gasteiger partial charge in [0, 0.05) is 9.13 Å². The minimum atomic E-state index is -0.231. The molecule has 0 fully saturated rings. The summed E-state index contributed by atoms with van der Waals surface area (Å²) in [6.07, 6.45) is 0. The normalized spacial score (nSPS) is 10.3. The van der Waals surface area contributed by atoms with E-state index in [2.05, 4.69) is 27.9 Å². The zero-order chi connectivity index (χ0) is 14.0. The average Bonchev–Trinajstić information content (AvgIpc) is 2.38. The van der Waals surface area contributed by atoms with Gasteiger partial charge in [-0.15, -0.1) is 0 Å². The van der Waals surface area contributed by atoms with Crippen LogP contribution in [0.4, 0.5) is 5.69 Å². The molecule has 0 aliphatic carbocycles. The van der Waals surface area contributed by atoms with Gasteiger partial charge in [0.25, 0.3) is 5.91 Å². The highest BCUT2D eigenvalue weighted by atomic mass is 127. The Kier molecular flexibility index (Phi) is 4.71. The van der Waals surface area contributed by atoms with Crippen molar-refractivity contribution in [3.8, 4) is 0 Å². The molecule has 0 saturated carbocycles. The highest BCUT2D eigenvalue weighted by Crippen LogP contribution is 2.26. The molecule has 2 rings (SSSR count). The van der Waals surface area contributed by atoms with Crippen LogP contribution in [-0.2, 0) is 0 Å². The molecule has 0 bridgehead atoms. The Balaban J connectivity index is 2.26. The van der Waals surface area contributed by atoms with Gasteiger partial charge in [0.2, 0.25) is 0 Å². The quantitative estimate of drug-likeness (QED) is 0.687. The van der Waals surface area contributed by atoms with Crippen LogP contribution in [0.15, 0.2) is 36.4 Å². The summed E-state index contributed by atoms with van der Waals surface area (Å²) in [5, 5.41) is 3.89. The van der Waals surface area contributed by atoms with Gasteiger partial charge in [-0.05, 0) is 59.3 Å². The second-order valence-electron chi connectivity index (χ2n) is 4.02. The topological polar surface area (TPSA) is 29.1 Å². The maximum absolute atomic E-state index is 12.1. The Morgan fingerprint density at radius 2 is 1.95 bits per heavy atom. The maximum atomic E-state index is 12.1. The highest BCUT2D eigenvalue weighted by molar-refractivity contribution is 14.1. The van der Waals surface area contributed by atoms with Crippen molar-refractivity contribution in [3.05, 3.63) is 61.1 Å². The monoisotopic (exact) mass is 405 g/mol. The molecule has 0 atom stereocenters. The van der Waals surface area contributed by atoms with E-state index in [4.69, 9.17) is 23.2 Å². The molecular weight excluding hydrogens is 396 g/mol. The Morgan fingerprint density at radius 3 is 2.63 bits per heavy atom. The standard InChI is InChI=1S/C14H10Cl2INO/c1-8-3-2-4-12(13(8)16)18-14(19)9-5-6-11(17)10(15)7-9/h2-7H,1H3,(H,18,19). The fraction of sp³-hybridized carbons (Fsp3) is 0.0714. The fourth-order valence-electron chi connectivity index (χ4n) is 1.58. The van der Waals surface area contributed by atoms with Crippen LogP contribution < -0.4 is 5.32 Å². The van der Waals surface area contributed by atoms with Crippen molar-refractivity contribution < 1.29 is 4.79 Å². The van der Waals surface area contributed by atoms with E-state index in [1.54, 1.807) is 24.3 Å². The number of carbonyl (C=O) groups excluding carboxylic acids is 1. The van der Waals surface area contributed by atoms with Crippen molar-refractivity contribution in [2.24, 2.45) is 0 Å². The summed E-state index contributed by atoms with van der Waals surface area (Å²) in [6, 6.07) is 10.7. The summed E-state index contributed by atoms with van der Waals surface area (Å²) in [6.45, 7) is 1.89. The summed E-state index contributed by atoms with van der Waals surface area (Å²) in [5.74, 6) is -0.231. The third-order valence-corrected chi connectivity index (χ3v) is 4.70. The van der Waals surface area contributed by atoms with Crippen LogP contribution in [0.3, 0.4) is 0 Å². The molecule has 2 aromatic rings. The number of hydrogen-bond donors (Lipinski definition) is 1. The minimum absolute atomic E-state index is 0.231. The van der Waals surface area contributed by atoms with Gasteiger partial charge in [0.1, 0.15) is 0 Å². The summed E-state index contributed by atoms with van der Waals surface area (Å²) in [5.41, 5.74) is 2.02. The predicted octanol–water partition coefficient (Wildman–Crippen LogP) is 5.16. The van der Waals surface area contributed by atoms with Crippen LogP contribution in [0.1, 0.15) is 15.9 Å². The first kappa shape index (κ1) is 14.6. The van der Waals surface area contributed by atoms with Crippen LogP contribution in [0.5, 0.6) is 0 Å². The van der Waals surface area contributed by atoms with Gasteiger partial charge in [0.15, 0.2) is 0 Å². The molecule has 19 heavy (non-hydrogen) atoms. The minimum Gasteiger partial charge on any atom is -0.321 e. The number of carbonyl (C=O) groups is 1. The van der Waals surface area contributed by atoms with Crippen molar-refractivity contribution in [1.82, 2.24) is 0 Å². The number of anilines is 1. The largest absolute Gasteiger partial charge is 0.321 e. The van der Waals surface area contributed by atoms with Crippen LogP contribution in [0.2, 0.25) is 10.0 Å². The fourth-order valence-corrected chi connectivity index (χ4v) is 2.27. The molecule has 2 aromatic carbocycles. The van der Waals surface area contributed by atoms with Crippen molar-refractivity contribution >= 4 is 57.4 Å². The summed E-state index contributed by atoms with van der Waals surface area (Å²) < 4.78 is 0.907. The van der Waals surface area contributed by atoms with Crippen molar-refractivity contribution in [3.63, 3.8) is 0 Å². The number of rotatable bonds is 2. The average molecular weight is 406 g/mol. The van der Waals surface area contributed by atoms with E-state index >= 15 is 0 Å². The molecule has 1 amide bonds. The highest BCUT2D eigenvalue weighted by Gasteiger charge is 2.10. The van der Waals surface area contributed by atoms with Crippen molar-refractivity contribution in [2.75, 3.05) is 5.32 Å². The molecule has 1 N–H and O–H groups in total. The number of benzene rings is 2. The van der Waals surface area contributed by atoms with E-state index in [-0.39, 0.29) is 5.91 Å². The van der Waals surface area contributed by atoms with Gasteiger partial charge < -0.3 is 5.32 Å². The van der Waals surface area contributed by atoms with E-state index in [1.165, 1.54) is 0 Å². The van der Waals surface area contributed by atoms with Gasteiger partial charge in [-0.3, -0.25) is 4.79 Å². The smallest absolute Gasteiger partial charge is 0.255 e. The molecule has 0 aliphatic rings. The molecule has 0 unspecified atom stereocenters. The zero-order valence-electron chi connectivity index (χ0n) is 10.0. The molecule has 0 aliphatic heterocycles. The van der Waals surface area contributed by atoms with Crippen LogP contribution in [0.25, 0.3) is 0 Å². The molecule has 98 valence electrons. The molecule has 5 heteroatoms. The lowest BCUT2D eigenvalue weighted by atomic mass is 10.2. The first-order valence-electron chi connectivity index (χ1n) is 5.50. The lowest BCUT2D eigenvalue weighted by Crippen LogP contribution is -2.12. The SMILES string of the molecule is Cc1cccc(NC(=O)c2ccc(I)c(Cl)c2)c1Cl. The van der Waals surface area contributed by atoms with Gasteiger partial charge in [-0.25, -0.2) is 0 Å². The van der Waals surface area contributed by atoms with Crippen LogP contribution in [-0.4, -0.2) is 5.91 Å². The second-order valence-corrected chi connectivity index (χ2v) is 5.97. The Morgan fingerprint density at radius 1 is 1.21 bits per heavy atom. The zero-order valence-corrected chi connectivity index (χ0v) is 13.7. The Bertz CT molecular complexity index is 643. The third kappa shape index (κ3) is 3.41. The van der Waals surface area contributed by atoms with Gasteiger partial charge in [-0.1, -0.05) is 35.3 Å². The third-order valence-electron chi connectivity index (χ3n) is 2.62. The van der Waals surface area contributed by atoms with E-state index in [0.717, 1.165) is 9.13 Å². The van der Waals surface area contributed by atoms with Crippen molar-refractivity contribution in [1.29, 1.82) is 0 Å². The Hall–Kier alpha value is -0.780. The lowest BCUT2D eigenvalue weighted by Gasteiger charge is -2.09. The van der Waals surface area contributed by atoms with Crippen molar-refractivity contribution in [2.45, 2.75) is 6.92 Å². The summed E-state index contributed by atoms with van der Waals surface area (Å²) >= 11 is 14.3. The van der Waals surface area contributed by atoms with Gasteiger partial charge in [0.05, 0.1) is 15.7 Å². The first-order valence-corrected chi connectivity index (χ1v) is 7.34. The number of hydrogen-bond acceptors (Lipinski definition) is 1. The molecule has 0 aromatic heterocycles. The number of aryl methyl sites for hydroxylation is 1. The first-order chi connectivity index (χ1) is 8.99. The van der Waals surface area contributed by atoms with E-state index in [9.17, 15) is 4.79 Å². The molecule has 0 spiro atoms. The molecule has 0 radical (unpaired) electrons. The lowest BCUT2D eigenvalue weighted by molar-refractivity contribution is 0.102. The van der Waals surface area contributed by atoms with Gasteiger partial charge in [-0.2, -0.15) is 0 Å². The second kappa shape index (κ2) is 6.11. The predicted molar refractivity (Wildman–Crippen MR) is 88.3 cm³/mol. The number of nitrogens with one attached hydrogen (secondary N) is 1.